The molecule has 0 radical (unpaired) electrons. The van der Waals surface area contributed by atoms with Crippen molar-refractivity contribution in [2.45, 2.75) is 18.7 Å². The third-order valence-corrected chi connectivity index (χ3v) is 5.24. The van der Waals surface area contributed by atoms with Crippen LogP contribution in [-0.2, 0) is 15.8 Å². The molecule has 6 nitrogen and oxygen atoms in total. The molecule has 2 heterocycles. The molecule has 30 heavy (non-hydrogen) atoms. The van der Waals surface area contributed by atoms with Crippen molar-refractivity contribution in [3.05, 3.63) is 54.1 Å². The van der Waals surface area contributed by atoms with Crippen molar-refractivity contribution in [3.63, 3.8) is 0 Å². The predicted molar refractivity (Wildman–Crippen MR) is 104 cm³/mol. The number of benzene rings is 2. The number of halogens is 3. The SMILES string of the molecule is O=C1Nc2ccccc2O[C@@H]1CC(=O)N1CCN(c2cccc(C(F)(F)F)c2)CC1. The molecule has 2 aromatic carbocycles. The molecular weight excluding hydrogens is 399 g/mol. The number of para-hydroxylation sites is 2. The van der Waals surface area contributed by atoms with Crippen LogP contribution in [0.15, 0.2) is 48.5 Å². The van der Waals surface area contributed by atoms with E-state index in [-0.39, 0.29) is 18.2 Å². The van der Waals surface area contributed by atoms with Gasteiger partial charge in [0.25, 0.3) is 5.91 Å². The van der Waals surface area contributed by atoms with Gasteiger partial charge in [-0.3, -0.25) is 9.59 Å². The number of nitrogens with one attached hydrogen (secondary N) is 1. The molecule has 2 amide bonds. The van der Waals surface area contributed by atoms with Gasteiger partial charge in [0.05, 0.1) is 17.7 Å². The van der Waals surface area contributed by atoms with Gasteiger partial charge in [-0.05, 0) is 30.3 Å². The highest BCUT2D eigenvalue weighted by molar-refractivity contribution is 5.99. The Kier molecular flexibility index (Phi) is 5.27. The molecule has 9 heteroatoms. The number of rotatable bonds is 3. The van der Waals surface area contributed by atoms with E-state index >= 15 is 0 Å². The highest BCUT2D eigenvalue weighted by Gasteiger charge is 2.33. The average Bonchev–Trinajstić information content (AvgIpc) is 2.74. The van der Waals surface area contributed by atoms with Gasteiger partial charge >= 0.3 is 6.18 Å². The van der Waals surface area contributed by atoms with Crippen LogP contribution >= 0.6 is 0 Å². The Labute approximate surface area is 171 Å². The summed E-state index contributed by atoms with van der Waals surface area (Å²) in [5.74, 6) is -0.0767. The van der Waals surface area contributed by atoms with E-state index in [2.05, 4.69) is 5.32 Å². The number of anilines is 2. The highest BCUT2D eigenvalue weighted by Crippen LogP contribution is 2.32. The third kappa shape index (κ3) is 4.19. The molecular formula is C21H20F3N3O3. The molecule has 0 aromatic heterocycles. The summed E-state index contributed by atoms with van der Waals surface area (Å²) in [6, 6.07) is 12.2. The van der Waals surface area contributed by atoms with Gasteiger partial charge in [-0.15, -0.1) is 0 Å². The zero-order chi connectivity index (χ0) is 21.3. The first-order chi connectivity index (χ1) is 14.3. The summed E-state index contributed by atoms with van der Waals surface area (Å²) in [6.07, 6.45) is -5.40. The van der Waals surface area contributed by atoms with Crippen LogP contribution in [0.1, 0.15) is 12.0 Å². The summed E-state index contributed by atoms with van der Waals surface area (Å²) in [7, 11) is 0. The van der Waals surface area contributed by atoms with Crippen molar-refractivity contribution >= 4 is 23.2 Å². The number of carbonyl (C=O) groups excluding carboxylic acids is 2. The predicted octanol–water partition coefficient (Wildman–Crippen LogP) is 3.14. The fourth-order valence-corrected chi connectivity index (χ4v) is 3.61. The van der Waals surface area contributed by atoms with Gasteiger partial charge in [0.15, 0.2) is 6.10 Å². The highest BCUT2D eigenvalue weighted by atomic mass is 19.4. The van der Waals surface area contributed by atoms with Gasteiger partial charge in [0.1, 0.15) is 5.75 Å². The molecule has 2 aliphatic heterocycles. The summed E-state index contributed by atoms with van der Waals surface area (Å²) in [4.78, 5) is 28.3. The number of hydrogen-bond donors (Lipinski definition) is 1. The van der Waals surface area contributed by atoms with E-state index in [9.17, 15) is 22.8 Å². The quantitative estimate of drug-likeness (QED) is 0.831. The van der Waals surface area contributed by atoms with Crippen molar-refractivity contribution in [1.82, 2.24) is 4.90 Å². The first kappa shape index (κ1) is 20.1. The van der Waals surface area contributed by atoms with E-state index < -0.39 is 17.8 Å². The van der Waals surface area contributed by atoms with Crippen LogP contribution in [0.2, 0.25) is 0 Å². The Morgan fingerprint density at radius 3 is 2.53 bits per heavy atom. The number of carbonyl (C=O) groups is 2. The van der Waals surface area contributed by atoms with Crippen LogP contribution < -0.4 is 15.0 Å². The van der Waals surface area contributed by atoms with Crippen molar-refractivity contribution in [1.29, 1.82) is 0 Å². The van der Waals surface area contributed by atoms with Gasteiger partial charge in [-0.1, -0.05) is 18.2 Å². The lowest BCUT2D eigenvalue weighted by molar-refractivity contribution is -0.137. The van der Waals surface area contributed by atoms with Crippen LogP contribution in [-0.4, -0.2) is 49.0 Å². The minimum absolute atomic E-state index is 0.0935. The largest absolute Gasteiger partial charge is 0.478 e. The molecule has 1 fully saturated rings. The number of fused-ring (bicyclic) bond motifs is 1. The zero-order valence-electron chi connectivity index (χ0n) is 16.0. The van der Waals surface area contributed by atoms with Gasteiger partial charge in [-0.25, -0.2) is 0 Å². The average molecular weight is 419 g/mol. The van der Waals surface area contributed by atoms with E-state index in [1.807, 2.05) is 4.90 Å². The van der Waals surface area contributed by atoms with Crippen molar-refractivity contribution in [3.8, 4) is 5.75 Å². The van der Waals surface area contributed by atoms with E-state index in [0.717, 1.165) is 12.1 Å². The fourth-order valence-electron chi connectivity index (χ4n) is 3.61. The third-order valence-electron chi connectivity index (χ3n) is 5.24. The van der Waals surface area contributed by atoms with Crippen molar-refractivity contribution < 1.29 is 27.5 Å². The summed E-state index contributed by atoms with van der Waals surface area (Å²) in [6.45, 7) is 1.54. The number of nitrogens with zero attached hydrogens (tertiary/aromatic N) is 2. The maximum atomic E-state index is 12.9. The Bertz CT molecular complexity index is 956. The monoisotopic (exact) mass is 419 g/mol. The molecule has 158 valence electrons. The topological polar surface area (TPSA) is 61.9 Å². The molecule has 0 unspecified atom stereocenters. The molecule has 1 N–H and O–H groups in total. The van der Waals surface area contributed by atoms with Crippen LogP contribution in [0.5, 0.6) is 5.75 Å². The van der Waals surface area contributed by atoms with Crippen LogP contribution in [0.3, 0.4) is 0 Å². The second kappa shape index (κ2) is 7.89. The number of piperazine rings is 1. The summed E-state index contributed by atoms with van der Waals surface area (Å²) >= 11 is 0. The van der Waals surface area contributed by atoms with Gasteiger partial charge in [-0.2, -0.15) is 13.2 Å². The van der Waals surface area contributed by atoms with Crippen molar-refractivity contribution in [2.24, 2.45) is 0 Å². The summed E-state index contributed by atoms with van der Waals surface area (Å²) in [5.41, 5.74) is 0.351. The summed E-state index contributed by atoms with van der Waals surface area (Å²) < 4.78 is 44.5. The molecule has 0 bridgehead atoms. The van der Waals surface area contributed by atoms with E-state index in [4.69, 9.17) is 4.74 Å². The minimum atomic E-state index is -4.40. The summed E-state index contributed by atoms with van der Waals surface area (Å²) in [5, 5.41) is 2.73. The number of alkyl halides is 3. The lowest BCUT2D eigenvalue weighted by Gasteiger charge is -2.37. The fraction of sp³-hybridized carbons (Fsp3) is 0.333. The second-order valence-electron chi connectivity index (χ2n) is 7.21. The molecule has 4 rings (SSSR count). The van der Waals surface area contributed by atoms with Crippen molar-refractivity contribution in [2.75, 3.05) is 36.4 Å². The normalized spacial score (nSPS) is 19.0. The first-order valence-electron chi connectivity index (χ1n) is 9.58. The lowest BCUT2D eigenvalue weighted by atomic mass is 10.1. The molecule has 1 saturated heterocycles. The molecule has 1 atom stereocenters. The van der Waals surface area contributed by atoms with Crippen LogP contribution in [0.25, 0.3) is 0 Å². The Hall–Kier alpha value is -3.23. The first-order valence-corrected chi connectivity index (χ1v) is 9.58. The van der Waals surface area contributed by atoms with Gasteiger partial charge in [0, 0.05) is 31.9 Å². The van der Waals surface area contributed by atoms with Crippen LogP contribution in [0.4, 0.5) is 24.5 Å². The molecule has 2 aromatic rings. The van der Waals surface area contributed by atoms with Gasteiger partial charge in [0.2, 0.25) is 5.91 Å². The molecule has 0 saturated carbocycles. The minimum Gasteiger partial charge on any atom is -0.478 e. The Morgan fingerprint density at radius 1 is 1.07 bits per heavy atom. The number of hydrogen-bond acceptors (Lipinski definition) is 4. The standard InChI is InChI=1S/C21H20F3N3O3/c22-21(23,24)14-4-3-5-15(12-14)26-8-10-27(11-9-26)19(28)13-18-20(29)25-16-6-1-2-7-17(16)30-18/h1-7,12,18H,8-11,13H2,(H,25,29)/t18-/m1/s1. The van der Waals surface area contributed by atoms with E-state index in [1.165, 1.54) is 6.07 Å². The van der Waals surface area contributed by atoms with Gasteiger partial charge < -0.3 is 19.9 Å². The lowest BCUT2D eigenvalue weighted by Crippen LogP contribution is -2.50. The number of ether oxygens (including phenoxy) is 1. The van der Waals surface area contributed by atoms with E-state index in [1.54, 1.807) is 35.2 Å². The number of amides is 2. The molecule has 0 spiro atoms. The smallest absolute Gasteiger partial charge is 0.416 e. The second-order valence-corrected chi connectivity index (χ2v) is 7.21. The maximum absolute atomic E-state index is 12.9. The van der Waals surface area contributed by atoms with Crippen LogP contribution in [0, 0.1) is 0 Å². The Morgan fingerprint density at radius 2 is 1.80 bits per heavy atom. The van der Waals surface area contributed by atoms with E-state index in [0.29, 0.717) is 43.3 Å². The Balaban J connectivity index is 1.34. The maximum Gasteiger partial charge on any atom is 0.416 e. The zero-order valence-corrected chi connectivity index (χ0v) is 16.0. The molecule has 2 aliphatic rings. The molecule has 0 aliphatic carbocycles.